The highest BCUT2D eigenvalue weighted by Gasteiger charge is 2.38. The Morgan fingerprint density at radius 2 is 1.24 bits per heavy atom. The van der Waals surface area contributed by atoms with Gasteiger partial charge >= 0.3 is 0 Å². The number of nitrogens with zero attached hydrogens (tertiary/aromatic N) is 6. The molecule has 5 heterocycles. The monoisotopic (exact) mass is 741 g/mol. The third kappa shape index (κ3) is 12.4. The molecule has 0 radical (unpaired) electrons. The Balaban J connectivity index is 0.000000209. The molecule has 0 unspecified atom stereocenters. The summed E-state index contributed by atoms with van der Waals surface area (Å²) in [5.74, 6) is 1.40. The molecule has 7 N–H and O–H groups in total. The van der Waals surface area contributed by atoms with Crippen molar-refractivity contribution in [1.29, 1.82) is 5.26 Å². The summed E-state index contributed by atoms with van der Waals surface area (Å²) in [6.45, 7) is 7.66. The quantitative estimate of drug-likeness (QED) is 0.297. The summed E-state index contributed by atoms with van der Waals surface area (Å²) < 4.78 is 0. The molecule has 0 aromatic heterocycles. The number of aliphatic hydroxyl groups excluding tert-OH is 2. The van der Waals surface area contributed by atoms with Gasteiger partial charge in [-0.2, -0.15) is 10.3 Å². The van der Waals surface area contributed by atoms with Gasteiger partial charge in [-0.05, 0) is 107 Å². The van der Waals surface area contributed by atoms with Crippen LogP contribution < -0.4 is 16.8 Å². The van der Waals surface area contributed by atoms with E-state index in [1.54, 1.807) is 6.07 Å². The summed E-state index contributed by atoms with van der Waals surface area (Å²) in [5, 5.41) is 32.6. The van der Waals surface area contributed by atoms with Crippen LogP contribution in [0, 0.1) is 11.3 Å². The van der Waals surface area contributed by atoms with Gasteiger partial charge in [0.1, 0.15) is 12.4 Å². The predicted molar refractivity (Wildman–Crippen MR) is 208 cm³/mol. The van der Waals surface area contributed by atoms with Crippen molar-refractivity contribution in [2.24, 2.45) is 21.5 Å². The van der Waals surface area contributed by atoms with Crippen LogP contribution in [0.1, 0.15) is 56.6 Å². The van der Waals surface area contributed by atoms with Crippen LogP contribution in [0.25, 0.3) is 0 Å². The summed E-state index contributed by atoms with van der Waals surface area (Å²) >= 11 is 11.9. The lowest BCUT2D eigenvalue weighted by molar-refractivity contribution is 0.109. The lowest BCUT2D eigenvalue weighted by atomic mass is 9.99. The minimum Gasteiger partial charge on any atom is -0.392 e. The molecule has 0 saturated carbocycles. The molecular weight excluding hydrogens is 685 g/mol. The van der Waals surface area contributed by atoms with Gasteiger partial charge in [-0.15, -0.1) is 0 Å². The van der Waals surface area contributed by atoms with Crippen LogP contribution in [-0.2, 0) is 12.8 Å². The third-order valence-electron chi connectivity index (χ3n) is 10.3. The fraction of sp³-hybridized carbons (Fsp3) is 0.605. The van der Waals surface area contributed by atoms with E-state index in [9.17, 15) is 10.2 Å². The number of piperidine rings is 2. The maximum atomic E-state index is 10.3. The van der Waals surface area contributed by atoms with Gasteiger partial charge in [-0.25, -0.2) is 4.99 Å². The molecule has 51 heavy (non-hydrogen) atoms. The van der Waals surface area contributed by atoms with Gasteiger partial charge in [0.05, 0.1) is 18.3 Å². The molecule has 13 heteroatoms. The Labute approximate surface area is 314 Å². The number of nitriles is 1. The number of aliphatic imine (C=N–C) groups is 2. The van der Waals surface area contributed by atoms with Gasteiger partial charge in [0.2, 0.25) is 5.96 Å². The molecule has 2 aromatic rings. The van der Waals surface area contributed by atoms with Crippen LogP contribution in [-0.4, -0.2) is 126 Å². The molecule has 4 atom stereocenters. The fourth-order valence-corrected chi connectivity index (χ4v) is 8.22. The zero-order chi connectivity index (χ0) is 36.8. The van der Waals surface area contributed by atoms with Gasteiger partial charge in [-0.1, -0.05) is 47.5 Å². The lowest BCUT2D eigenvalue weighted by Gasteiger charge is -2.39. The first-order chi connectivity index (χ1) is 24.7. The second-order valence-corrected chi connectivity index (χ2v) is 14.7. The highest BCUT2D eigenvalue weighted by molar-refractivity contribution is 6.30. The van der Waals surface area contributed by atoms with E-state index in [-0.39, 0.29) is 12.2 Å². The van der Waals surface area contributed by atoms with Gasteiger partial charge in [0, 0.05) is 67.3 Å². The van der Waals surface area contributed by atoms with E-state index in [0.717, 1.165) is 93.8 Å². The van der Waals surface area contributed by atoms with Gasteiger partial charge in [0.15, 0.2) is 0 Å². The molecule has 2 aromatic carbocycles. The van der Waals surface area contributed by atoms with Crippen molar-refractivity contribution in [3.8, 4) is 6.07 Å². The first-order valence-electron chi connectivity index (χ1n) is 18.3. The van der Waals surface area contributed by atoms with E-state index in [0.29, 0.717) is 36.5 Å². The number of hydrogen-bond acceptors (Lipinski definition) is 11. The summed E-state index contributed by atoms with van der Waals surface area (Å²) in [6.07, 6.45) is 7.85. The number of hydrogen-bond donors (Lipinski definition) is 5. The molecule has 4 fully saturated rings. The fourth-order valence-electron chi connectivity index (χ4n) is 7.97. The Morgan fingerprint density at radius 1 is 0.804 bits per heavy atom. The number of amidine groups is 1. The second kappa shape index (κ2) is 21.0. The Morgan fingerprint density at radius 3 is 1.65 bits per heavy atom. The number of nitrogens with one attached hydrogen (secondary N) is 1. The van der Waals surface area contributed by atoms with Crippen molar-refractivity contribution >= 4 is 35.0 Å². The number of aliphatic hydroxyl groups is 2. The average Bonchev–Trinajstić information content (AvgIpc) is 3.86. The van der Waals surface area contributed by atoms with Crippen LogP contribution >= 0.6 is 23.2 Å². The van der Waals surface area contributed by atoms with E-state index in [1.807, 2.05) is 24.3 Å². The summed E-state index contributed by atoms with van der Waals surface area (Å²) in [4.78, 5) is 16.0. The molecule has 0 aliphatic carbocycles. The summed E-state index contributed by atoms with van der Waals surface area (Å²) in [5.41, 5.74) is 12.8. The summed E-state index contributed by atoms with van der Waals surface area (Å²) in [6, 6.07) is 19.9. The van der Waals surface area contributed by atoms with Crippen LogP contribution in [0.3, 0.4) is 0 Å². The number of β-amino-alcohol motifs (C(OH)–C–C–N with tert-alkyl or cyclic N) is 2. The number of benzene rings is 2. The third-order valence-corrected chi connectivity index (χ3v) is 10.8. The van der Waals surface area contributed by atoms with E-state index < -0.39 is 0 Å². The standard InChI is InChI=1S/C19H26ClN5O.C16H23ClN2O.C2H3N.CH5N/c20-14-3-1-13(2-4-14)9-16-10-17(26)12-25(16)15-5-7-24(8-6-15)19-22-11-18(21)23-19;17-13-3-1-12(2-4-13)9-15-10-16(20)11-19(15)14-5-7-18-8-6-14;1-2-3;1-2/h1-4,15-17,26H,5-12H2,(H2,21,22,23);1-4,14-16,18,20H,5-11H2;1H3;2H2,1H3/t16-,17+;15-,16+;;/m00../s1. The summed E-state index contributed by atoms with van der Waals surface area (Å²) in [7, 11) is 1.50. The normalized spacial score (nSPS) is 25.7. The van der Waals surface area contributed by atoms with E-state index in [4.69, 9.17) is 34.2 Å². The van der Waals surface area contributed by atoms with Crippen LogP contribution in [0.5, 0.6) is 0 Å². The SMILES string of the molecule is CC#N.CN.NC1=NC(N2CCC(N3C[C@H](O)C[C@@H]3Cc3ccc(Cl)cc3)CC2)=NC1.O[C@@H]1C[C@H](Cc2ccc(Cl)cc2)N(C2CCNCC2)C1. The molecule has 11 nitrogen and oxygen atoms in total. The largest absolute Gasteiger partial charge is 0.392 e. The van der Waals surface area contributed by atoms with E-state index in [1.165, 1.54) is 37.9 Å². The van der Waals surface area contributed by atoms with E-state index >= 15 is 0 Å². The number of guanidine groups is 1. The first kappa shape index (κ1) is 41.0. The molecule has 0 bridgehead atoms. The number of rotatable bonds is 6. The Bertz CT molecular complexity index is 1420. The minimum atomic E-state index is -0.228. The highest BCUT2D eigenvalue weighted by Crippen LogP contribution is 2.30. The lowest BCUT2D eigenvalue weighted by Crippen LogP contribution is -2.48. The second-order valence-electron chi connectivity index (χ2n) is 13.8. The molecule has 4 saturated heterocycles. The molecule has 0 spiro atoms. The zero-order valence-electron chi connectivity index (χ0n) is 30.2. The predicted octanol–water partition coefficient (Wildman–Crippen LogP) is 3.68. The van der Waals surface area contributed by atoms with Crippen molar-refractivity contribution < 1.29 is 10.2 Å². The molecule has 0 amide bonds. The first-order valence-corrected chi connectivity index (χ1v) is 19.1. The van der Waals surface area contributed by atoms with E-state index in [2.05, 4.69) is 60.0 Å². The Hall–Kier alpha value is -2.79. The maximum Gasteiger partial charge on any atom is 0.222 e. The van der Waals surface area contributed by atoms with Gasteiger partial charge in [-0.3, -0.25) is 9.80 Å². The molecular formula is C38H57Cl2N9O2. The van der Waals surface area contributed by atoms with Crippen LogP contribution in [0.15, 0.2) is 58.5 Å². The van der Waals surface area contributed by atoms with Crippen molar-refractivity contribution in [3.05, 3.63) is 69.7 Å². The maximum absolute atomic E-state index is 10.3. The van der Waals surface area contributed by atoms with Gasteiger partial charge in [0.25, 0.3) is 0 Å². The molecule has 7 rings (SSSR count). The van der Waals surface area contributed by atoms with Crippen molar-refractivity contribution in [2.45, 2.75) is 94.7 Å². The average molecular weight is 743 g/mol. The number of likely N-dealkylation sites (tertiary alicyclic amines) is 3. The molecule has 5 aliphatic rings. The highest BCUT2D eigenvalue weighted by atomic mass is 35.5. The zero-order valence-corrected chi connectivity index (χ0v) is 31.7. The smallest absolute Gasteiger partial charge is 0.222 e. The van der Waals surface area contributed by atoms with Gasteiger partial charge < -0.3 is 31.9 Å². The van der Waals surface area contributed by atoms with Crippen molar-refractivity contribution in [2.75, 3.05) is 52.9 Å². The number of nitrogens with two attached hydrogens (primary N) is 2. The molecule has 5 aliphatic heterocycles. The molecule has 280 valence electrons. The Kier molecular flexibility index (Phi) is 16.9. The topological polar surface area (TPSA) is 163 Å². The number of halogens is 2. The van der Waals surface area contributed by atoms with Crippen molar-refractivity contribution in [1.82, 2.24) is 20.0 Å². The minimum absolute atomic E-state index is 0.165. The van der Waals surface area contributed by atoms with Crippen LogP contribution in [0.4, 0.5) is 0 Å². The van der Waals surface area contributed by atoms with Crippen LogP contribution in [0.2, 0.25) is 10.0 Å². The van der Waals surface area contributed by atoms with Crippen molar-refractivity contribution in [3.63, 3.8) is 0 Å².